The van der Waals surface area contributed by atoms with Crippen LogP contribution in [0.15, 0.2) is 12.3 Å². The standard InChI is InChI=1S/C14H20ClN3O/c1-9-6-11(8-17-13(9)15)18-14(19)12-5-3-2-4-10(12)7-16/h6,8,10,12H,2-5,7,16H2,1H3,(H,18,19). The van der Waals surface area contributed by atoms with E-state index in [0.717, 1.165) is 24.8 Å². The number of nitrogens with zero attached hydrogens (tertiary/aromatic N) is 1. The highest BCUT2D eigenvalue weighted by Crippen LogP contribution is 2.30. The topological polar surface area (TPSA) is 68.0 Å². The maximum atomic E-state index is 12.3. The van der Waals surface area contributed by atoms with Crippen LogP contribution in [0.2, 0.25) is 5.15 Å². The number of anilines is 1. The summed E-state index contributed by atoms with van der Waals surface area (Å²) in [6, 6.07) is 1.84. The molecule has 1 fully saturated rings. The largest absolute Gasteiger partial charge is 0.330 e. The van der Waals surface area contributed by atoms with Gasteiger partial charge in [-0.3, -0.25) is 4.79 Å². The van der Waals surface area contributed by atoms with Gasteiger partial charge in [0, 0.05) is 5.92 Å². The van der Waals surface area contributed by atoms with Gasteiger partial charge in [0.15, 0.2) is 0 Å². The van der Waals surface area contributed by atoms with Gasteiger partial charge in [-0.15, -0.1) is 0 Å². The van der Waals surface area contributed by atoms with Gasteiger partial charge in [-0.05, 0) is 43.9 Å². The Morgan fingerprint density at radius 1 is 1.53 bits per heavy atom. The number of rotatable bonds is 3. The summed E-state index contributed by atoms with van der Waals surface area (Å²) in [5.41, 5.74) is 7.32. The van der Waals surface area contributed by atoms with Crippen LogP contribution >= 0.6 is 11.6 Å². The molecule has 0 radical (unpaired) electrons. The Kier molecular flexibility index (Phi) is 4.77. The molecule has 4 nitrogen and oxygen atoms in total. The lowest BCUT2D eigenvalue weighted by Crippen LogP contribution is -2.35. The Labute approximate surface area is 118 Å². The summed E-state index contributed by atoms with van der Waals surface area (Å²) in [5, 5.41) is 3.40. The van der Waals surface area contributed by atoms with E-state index in [4.69, 9.17) is 17.3 Å². The molecule has 5 heteroatoms. The third kappa shape index (κ3) is 3.45. The van der Waals surface area contributed by atoms with Crippen LogP contribution in [0.3, 0.4) is 0 Å². The lowest BCUT2D eigenvalue weighted by molar-refractivity contribution is -0.122. The smallest absolute Gasteiger partial charge is 0.227 e. The highest BCUT2D eigenvalue weighted by atomic mass is 35.5. The van der Waals surface area contributed by atoms with Crippen molar-refractivity contribution in [2.75, 3.05) is 11.9 Å². The van der Waals surface area contributed by atoms with Gasteiger partial charge in [-0.2, -0.15) is 0 Å². The fourth-order valence-corrected chi connectivity index (χ4v) is 2.80. The molecule has 1 heterocycles. The molecular weight excluding hydrogens is 262 g/mol. The molecule has 0 aliphatic heterocycles. The molecule has 2 rings (SSSR count). The van der Waals surface area contributed by atoms with Gasteiger partial charge >= 0.3 is 0 Å². The van der Waals surface area contributed by atoms with Crippen molar-refractivity contribution in [2.24, 2.45) is 17.6 Å². The predicted molar refractivity (Wildman–Crippen MR) is 77.1 cm³/mol. The zero-order chi connectivity index (χ0) is 13.8. The molecular formula is C14H20ClN3O. The Hall–Kier alpha value is -1.13. The summed E-state index contributed by atoms with van der Waals surface area (Å²) >= 11 is 5.87. The summed E-state index contributed by atoms with van der Waals surface area (Å²) in [4.78, 5) is 16.3. The zero-order valence-electron chi connectivity index (χ0n) is 11.2. The number of hydrogen-bond acceptors (Lipinski definition) is 3. The van der Waals surface area contributed by atoms with Crippen LogP contribution in [-0.4, -0.2) is 17.4 Å². The third-order valence-corrected chi connectivity index (χ3v) is 4.23. The molecule has 0 spiro atoms. The Bertz CT molecular complexity index is 464. The second-order valence-electron chi connectivity index (χ2n) is 5.21. The van der Waals surface area contributed by atoms with Gasteiger partial charge in [0.1, 0.15) is 5.15 Å². The van der Waals surface area contributed by atoms with E-state index in [0.29, 0.717) is 23.3 Å². The number of pyridine rings is 1. The highest BCUT2D eigenvalue weighted by Gasteiger charge is 2.29. The number of hydrogen-bond donors (Lipinski definition) is 2. The van der Waals surface area contributed by atoms with Crippen LogP contribution in [0.1, 0.15) is 31.2 Å². The van der Waals surface area contributed by atoms with Crippen molar-refractivity contribution in [1.82, 2.24) is 4.98 Å². The lowest BCUT2D eigenvalue weighted by Gasteiger charge is -2.29. The van der Waals surface area contributed by atoms with E-state index in [1.54, 1.807) is 6.20 Å². The fourth-order valence-electron chi connectivity index (χ4n) is 2.70. The highest BCUT2D eigenvalue weighted by molar-refractivity contribution is 6.30. The van der Waals surface area contributed by atoms with Crippen molar-refractivity contribution in [3.63, 3.8) is 0 Å². The molecule has 2 unspecified atom stereocenters. The first-order chi connectivity index (χ1) is 9.11. The van der Waals surface area contributed by atoms with Crippen molar-refractivity contribution in [3.05, 3.63) is 23.0 Å². The minimum Gasteiger partial charge on any atom is -0.330 e. The van der Waals surface area contributed by atoms with E-state index in [2.05, 4.69) is 10.3 Å². The van der Waals surface area contributed by atoms with Gasteiger partial charge < -0.3 is 11.1 Å². The van der Waals surface area contributed by atoms with Crippen LogP contribution in [-0.2, 0) is 4.79 Å². The minimum absolute atomic E-state index is 0.0229. The summed E-state index contributed by atoms with van der Waals surface area (Å²) in [7, 11) is 0. The molecule has 1 aromatic rings. The van der Waals surface area contributed by atoms with Crippen molar-refractivity contribution >= 4 is 23.2 Å². The molecule has 0 saturated heterocycles. The third-order valence-electron chi connectivity index (χ3n) is 3.83. The number of carbonyl (C=O) groups excluding carboxylic acids is 1. The molecule has 2 atom stereocenters. The van der Waals surface area contributed by atoms with Crippen LogP contribution in [0.25, 0.3) is 0 Å². The van der Waals surface area contributed by atoms with Gasteiger partial charge in [0.25, 0.3) is 0 Å². The average Bonchev–Trinajstić information content (AvgIpc) is 2.43. The maximum Gasteiger partial charge on any atom is 0.227 e. The summed E-state index contributed by atoms with van der Waals surface area (Å²) in [6.45, 7) is 2.45. The van der Waals surface area contributed by atoms with Crippen molar-refractivity contribution in [2.45, 2.75) is 32.6 Å². The number of nitrogens with two attached hydrogens (primary N) is 1. The van der Waals surface area contributed by atoms with E-state index in [1.807, 2.05) is 13.0 Å². The number of aromatic nitrogens is 1. The number of halogens is 1. The van der Waals surface area contributed by atoms with Crippen LogP contribution in [0.5, 0.6) is 0 Å². The molecule has 0 aromatic carbocycles. The quantitative estimate of drug-likeness (QED) is 0.837. The molecule has 1 aliphatic rings. The molecule has 0 bridgehead atoms. The molecule has 1 aromatic heterocycles. The zero-order valence-corrected chi connectivity index (χ0v) is 11.9. The monoisotopic (exact) mass is 281 g/mol. The molecule has 104 valence electrons. The van der Waals surface area contributed by atoms with Gasteiger partial charge in [-0.25, -0.2) is 4.98 Å². The van der Waals surface area contributed by atoms with Gasteiger partial charge in [-0.1, -0.05) is 24.4 Å². The van der Waals surface area contributed by atoms with E-state index < -0.39 is 0 Å². The predicted octanol–water partition coefficient (Wildman–Crippen LogP) is 2.75. The van der Waals surface area contributed by atoms with Crippen LogP contribution in [0, 0.1) is 18.8 Å². The minimum atomic E-state index is 0.0229. The number of aryl methyl sites for hydroxylation is 1. The van der Waals surface area contributed by atoms with Gasteiger partial charge in [0.05, 0.1) is 11.9 Å². The molecule has 1 saturated carbocycles. The molecule has 1 amide bonds. The Balaban J connectivity index is 2.05. The summed E-state index contributed by atoms with van der Waals surface area (Å²) in [6.07, 6.45) is 5.84. The number of carbonyl (C=O) groups is 1. The summed E-state index contributed by atoms with van der Waals surface area (Å²) < 4.78 is 0. The van der Waals surface area contributed by atoms with Crippen LogP contribution < -0.4 is 11.1 Å². The van der Waals surface area contributed by atoms with Crippen molar-refractivity contribution < 1.29 is 4.79 Å². The van der Waals surface area contributed by atoms with E-state index >= 15 is 0 Å². The van der Waals surface area contributed by atoms with Gasteiger partial charge in [0.2, 0.25) is 5.91 Å². The fraction of sp³-hybridized carbons (Fsp3) is 0.571. The Morgan fingerprint density at radius 3 is 2.95 bits per heavy atom. The van der Waals surface area contributed by atoms with E-state index in [1.165, 1.54) is 6.42 Å². The summed E-state index contributed by atoms with van der Waals surface area (Å²) in [5.74, 6) is 0.378. The maximum absolute atomic E-state index is 12.3. The second-order valence-corrected chi connectivity index (χ2v) is 5.57. The molecule has 3 N–H and O–H groups in total. The number of nitrogens with one attached hydrogen (secondary N) is 1. The first-order valence-electron chi connectivity index (χ1n) is 6.75. The normalized spacial score (nSPS) is 23.1. The first-order valence-corrected chi connectivity index (χ1v) is 7.12. The Morgan fingerprint density at radius 2 is 2.26 bits per heavy atom. The lowest BCUT2D eigenvalue weighted by atomic mass is 9.78. The number of amides is 1. The van der Waals surface area contributed by atoms with Crippen molar-refractivity contribution in [1.29, 1.82) is 0 Å². The second kappa shape index (κ2) is 6.35. The molecule has 19 heavy (non-hydrogen) atoms. The SMILES string of the molecule is Cc1cc(NC(=O)C2CCCCC2CN)cnc1Cl. The average molecular weight is 282 g/mol. The first kappa shape index (κ1) is 14.3. The van der Waals surface area contributed by atoms with Crippen molar-refractivity contribution in [3.8, 4) is 0 Å². The molecule has 1 aliphatic carbocycles. The van der Waals surface area contributed by atoms with Crippen LogP contribution in [0.4, 0.5) is 5.69 Å². The van der Waals surface area contributed by atoms with E-state index in [9.17, 15) is 4.79 Å². The van der Waals surface area contributed by atoms with E-state index in [-0.39, 0.29) is 11.8 Å².